The van der Waals surface area contributed by atoms with Gasteiger partial charge in [0.25, 0.3) is 5.91 Å². The molecular formula is C25H20F4N4O. The van der Waals surface area contributed by atoms with Crippen molar-refractivity contribution >= 4 is 22.6 Å². The Morgan fingerprint density at radius 2 is 1.85 bits per heavy atom. The molecule has 174 valence electrons. The van der Waals surface area contributed by atoms with E-state index in [1.807, 2.05) is 6.07 Å². The van der Waals surface area contributed by atoms with Crippen LogP contribution in [0, 0.1) is 5.82 Å². The van der Waals surface area contributed by atoms with E-state index in [4.69, 9.17) is 5.73 Å². The molecule has 0 atom stereocenters. The lowest BCUT2D eigenvalue weighted by Crippen LogP contribution is -2.37. The van der Waals surface area contributed by atoms with Gasteiger partial charge in [-0.2, -0.15) is 13.2 Å². The number of rotatable bonds is 5. The molecule has 9 heteroatoms. The first-order chi connectivity index (χ1) is 16.2. The minimum absolute atomic E-state index is 0.0346. The van der Waals surface area contributed by atoms with Crippen molar-refractivity contribution in [3.63, 3.8) is 0 Å². The third-order valence-electron chi connectivity index (χ3n) is 6.07. The van der Waals surface area contributed by atoms with Crippen molar-refractivity contribution in [2.24, 2.45) is 5.73 Å². The highest BCUT2D eigenvalue weighted by atomic mass is 19.4. The minimum Gasteiger partial charge on any atom is -0.364 e. The highest BCUT2D eigenvalue weighted by molar-refractivity contribution is 6.10. The zero-order chi connectivity index (χ0) is 24.0. The molecule has 1 fully saturated rings. The second kappa shape index (κ2) is 8.16. The summed E-state index contributed by atoms with van der Waals surface area (Å²) in [5.74, 6) is -0.502. The molecule has 34 heavy (non-hydrogen) atoms. The molecule has 0 bridgehead atoms. The molecule has 2 aromatic heterocycles. The predicted octanol–water partition coefficient (Wildman–Crippen LogP) is 5.22. The van der Waals surface area contributed by atoms with Gasteiger partial charge in [-0.25, -0.2) is 9.37 Å². The molecule has 2 N–H and O–H groups in total. The van der Waals surface area contributed by atoms with Crippen LogP contribution in [-0.4, -0.2) is 28.5 Å². The quantitative estimate of drug-likeness (QED) is 0.409. The Morgan fingerprint density at radius 1 is 1.06 bits per heavy atom. The molecule has 0 saturated carbocycles. The third-order valence-corrected chi connectivity index (χ3v) is 6.07. The number of amides is 1. The molecule has 1 amide bonds. The summed E-state index contributed by atoms with van der Waals surface area (Å²) in [5.41, 5.74) is 6.54. The van der Waals surface area contributed by atoms with Crippen molar-refractivity contribution in [2.75, 3.05) is 18.0 Å². The van der Waals surface area contributed by atoms with E-state index in [1.54, 1.807) is 18.3 Å². The summed E-state index contributed by atoms with van der Waals surface area (Å²) in [6.45, 7) is 1.78. The maximum absolute atomic E-state index is 13.8. The van der Waals surface area contributed by atoms with E-state index in [0.717, 1.165) is 37.5 Å². The Hall–Kier alpha value is -3.88. The summed E-state index contributed by atoms with van der Waals surface area (Å²) in [6, 6.07) is 12.6. The van der Waals surface area contributed by atoms with Gasteiger partial charge in [0.15, 0.2) is 0 Å². The van der Waals surface area contributed by atoms with Crippen LogP contribution >= 0.6 is 0 Å². The lowest BCUT2D eigenvalue weighted by molar-refractivity contribution is -0.137. The van der Waals surface area contributed by atoms with E-state index < -0.39 is 23.5 Å². The van der Waals surface area contributed by atoms with Crippen LogP contribution in [0.3, 0.4) is 0 Å². The monoisotopic (exact) mass is 468 g/mol. The van der Waals surface area contributed by atoms with Crippen LogP contribution in [-0.2, 0) is 12.7 Å². The molecule has 0 radical (unpaired) electrons. The highest BCUT2D eigenvalue weighted by Crippen LogP contribution is 2.39. The largest absolute Gasteiger partial charge is 0.416 e. The van der Waals surface area contributed by atoms with Gasteiger partial charge < -0.3 is 15.2 Å². The summed E-state index contributed by atoms with van der Waals surface area (Å²) >= 11 is 0. The number of nitrogens with two attached hydrogens (primary N) is 1. The summed E-state index contributed by atoms with van der Waals surface area (Å²) in [6.07, 6.45) is -1.89. The molecule has 3 heterocycles. The van der Waals surface area contributed by atoms with Gasteiger partial charge >= 0.3 is 6.18 Å². The van der Waals surface area contributed by atoms with Gasteiger partial charge in [0.1, 0.15) is 17.3 Å². The second-order valence-corrected chi connectivity index (χ2v) is 8.28. The number of hydrogen-bond donors (Lipinski definition) is 1. The van der Waals surface area contributed by atoms with Crippen LogP contribution in [0.5, 0.6) is 0 Å². The minimum atomic E-state index is -4.57. The van der Waals surface area contributed by atoms with Gasteiger partial charge in [-0.05, 0) is 48.4 Å². The number of carbonyl (C=O) groups excluding carboxylic acids is 1. The molecule has 5 nitrogen and oxygen atoms in total. The number of halogens is 4. The van der Waals surface area contributed by atoms with Crippen LogP contribution in [0.1, 0.15) is 28.0 Å². The average molecular weight is 468 g/mol. The van der Waals surface area contributed by atoms with E-state index in [0.29, 0.717) is 22.1 Å². The molecular weight excluding hydrogens is 448 g/mol. The first kappa shape index (κ1) is 21.9. The normalized spacial score (nSPS) is 13.8. The fourth-order valence-corrected chi connectivity index (χ4v) is 4.32. The molecule has 0 unspecified atom stereocenters. The number of benzene rings is 2. The third kappa shape index (κ3) is 3.87. The van der Waals surface area contributed by atoms with Gasteiger partial charge in [0, 0.05) is 42.3 Å². The molecule has 1 saturated heterocycles. The van der Waals surface area contributed by atoms with Gasteiger partial charge in [-0.3, -0.25) is 4.79 Å². The number of anilines is 1. The lowest BCUT2D eigenvalue weighted by Gasteiger charge is -2.31. The number of hydrogen-bond acceptors (Lipinski definition) is 3. The fraction of sp³-hybridized carbons (Fsp3) is 0.200. The average Bonchev–Trinajstić information content (AvgIpc) is 3.06. The summed E-state index contributed by atoms with van der Waals surface area (Å²) in [7, 11) is 0. The number of nitrogens with zero attached hydrogens (tertiary/aromatic N) is 3. The first-order valence-electron chi connectivity index (χ1n) is 10.7. The Kier molecular flexibility index (Phi) is 5.27. The van der Waals surface area contributed by atoms with Gasteiger partial charge in [-0.15, -0.1) is 0 Å². The van der Waals surface area contributed by atoms with Gasteiger partial charge in [0.05, 0.1) is 11.1 Å². The zero-order valence-corrected chi connectivity index (χ0v) is 17.9. The van der Waals surface area contributed by atoms with Crippen LogP contribution in [0.2, 0.25) is 0 Å². The SMILES string of the molecule is NC(=O)c1c(-c2ccc(N3CCC3)nc2)c2ccc(C(F)(F)F)cc2n1Cc1cccc(F)c1. The van der Waals surface area contributed by atoms with Crippen molar-refractivity contribution in [3.05, 3.63) is 83.4 Å². The molecule has 0 aliphatic carbocycles. The van der Waals surface area contributed by atoms with E-state index in [9.17, 15) is 22.4 Å². The molecule has 0 spiro atoms. The number of carbonyl (C=O) groups is 1. The van der Waals surface area contributed by atoms with Crippen LogP contribution in [0.4, 0.5) is 23.4 Å². The smallest absolute Gasteiger partial charge is 0.364 e. The van der Waals surface area contributed by atoms with Crippen LogP contribution in [0.25, 0.3) is 22.0 Å². The van der Waals surface area contributed by atoms with Crippen molar-refractivity contribution in [1.29, 1.82) is 0 Å². The maximum Gasteiger partial charge on any atom is 0.416 e. The number of primary amides is 1. The second-order valence-electron chi connectivity index (χ2n) is 8.28. The number of alkyl halides is 3. The van der Waals surface area contributed by atoms with Gasteiger partial charge in [0.2, 0.25) is 0 Å². The highest BCUT2D eigenvalue weighted by Gasteiger charge is 2.32. The molecule has 2 aromatic carbocycles. The fourth-order valence-electron chi connectivity index (χ4n) is 4.32. The topological polar surface area (TPSA) is 64.2 Å². The Balaban J connectivity index is 1.73. The first-order valence-corrected chi connectivity index (χ1v) is 10.7. The molecule has 5 rings (SSSR count). The van der Waals surface area contributed by atoms with Crippen molar-refractivity contribution in [1.82, 2.24) is 9.55 Å². The Labute approximate surface area is 192 Å². The predicted molar refractivity (Wildman–Crippen MR) is 121 cm³/mol. The molecule has 4 aromatic rings. The molecule has 1 aliphatic heterocycles. The number of aromatic nitrogens is 2. The Bertz CT molecular complexity index is 1390. The summed E-state index contributed by atoms with van der Waals surface area (Å²) in [5, 5.41) is 0.428. The maximum atomic E-state index is 13.8. The van der Waals surface area contributed by atoms with Crippen molar-refractivity contribution in [3.8, 4) is 11.1 Å². The standard InChI is InChI=1S/C25H20F4N4O/c26-18-4-1-3-15(11-18)14-33-20-12-17(25(27,28)29)6-7-19(20)22(23(33)24(30)34)16-5-8-21(31-13-16)32-9-2-10-32/h1,3-8,11-13H,2,9-10,14H2,(H2,30,34). The van der Waals surface area contributed by atoms with E-state index in [2.05, 4.69) is 9.88 Å². The van der Waals surface area contributed by atoms with E-state index in [1.165, 1.54) is 28.8 Å². The Morgan fingerprint density at radius 3 is 2.44 bits per heavy atom. The van der Waals surface area contributed by atoms with Crippen LogP contribution in [0.15, 0.2) is 60.8 Å². The number of pyridine rings is 1. The van der Waals surface area contributed by atoms with Crippen LogP contribution < -0.4 is 10.6 Å². The lowest BCUT2D eigenvalue weighted by atomic mass is 10.0. The molecule has 1 aliphatic rings. The van der Waals surface area contributed by atoms with E-state index >= 15 is 0 Å². The summed E-state index contributed by atoms with van der Waals surface area (Å²) < 4.78 is 55.8. The van der Waals surface area contributed by atoms with Gasteiger partial charge in [-0.1, -0.05) is 18.2 Å². The van der Waals surface area contributed by atoms with E-state index in [-0.39, 0.29) is 17.8 Å². The number of fused-ring (bicyclic) bond motifs is 1. The van der Waals surface area contributed by atoms with Crippen molar-refractivity contribution in [2.45, 2.75) is 19.1 Å². The summed E-state index contributed by atoms with van der Waals surface area (Å²) in [4.78, 5) is 19.2. The van der Waals surface area contributed by atoms with Crippen molar-refractivity contribution < 1.29 is 22.4 Å². The zero-order valence-electron chi connectivity index (χ0n) is 17.9.